The van der Waals surface area contributed by atoms with Crippen LogP contribution in [0, 0.1) is 0 Å². The molecular weight excluding hydrogens is 236 g/mol. The molecule has 1 unspecified atom stereocenters. The van der Waals surface area contributed by atoms with Gasteiger partial charge in [-0.3, -0.25) is 0 Å². The first kappa shape index (κ1) is 11.5. The molecular formula is C9H9ClN2S2. The monoisotopic (exact) mass is 244 g/mol. The lowest BCUT2D eigenvalue weighted by Gasteiger charge is -2.04. The zero-order chi connectivity index (χ0) is 9.10. The van der Waals surface area contributed by atoms with Gasteiger partial charge in [-0.25, -0.2) is 0 Å². The zero-order valence-electron chi connectivity index (χ0n) is 7.22. The zero-order valence-corrected chi connectivity index (χ0v) is 9.79. The van der Waals surface area contributed by atoms with E-state index in [4.69, 9.17) is 11.6 Å². The number of alkyl halides is 1. The summed E-state index contributed by atoms with van der Waals surface area (Å²) in [5.74, 6) is 0. The summed E-state index contributed by atoms with van der Waals surface area (Å²) in [6.07, 6.45) is 0. The molecule has 14 heavy (non-hydrogen) atoms. The van der Waals surface area contributed by atoms with Gasteiger partial charge in [-0.15, -0.1) is 33.1 Å². The maximum atomic E-state index is 6.18. The van der Waals surface area contributed by atoms with E-state index < -0.39 is 0 Å². The molecule has 0 saturated heterocycles. The SMILES string of the molecule is ClC(c1ccccc1)c1nncs1.S. The molecule has 0 aliphatic rings. The average Bonchev–Trinajstić information content (AvgIpc) is 2.71. The summed E-state index contributed by atoms with van der Waals surface area (Å²) in [6.45, 7) is 0. The fourth-order valence-corrected chi connectivity index (χ4v) is 1.95. The summed E-state index contributed by atoms with van der Waals surface area (Å²) < 4.78 is 0. The molecule has 0 saturated carbocycles. The lowest BCUT2D eigenvalue weighted by molar-refractivity contribution is 0.985. The van der Waals surface area contributed by atoms with E-state index in [0.29, 0.717) is 0 Å². The second kappa shape index (κ2) is 5.34. The molecule has 1 aromatic carbocycles. The molecule has 2 aromatic rings. The van der Waals surface area contributed by atoms with Crippen LogP contribution in [0.1, 0.15) is 15.9 Å². The number of halogens is 1. The van der Waals surface area contributed by atoms with Gasteiger partial charge in [0.15, 0.2) is 0 Å². The Morgan fingerprint density at radius 3 is 2.50 bits per heavy atom. The van der Waals surface area contributed by atoms with Gasteiger partial charge in [0.25, 0.3) is 0 Å². The third-order valence-corrected chi connectivity index (χ3v) is 3.03. The highest BCUT2D eigenvalue weighted by Crippen LogP contribution is 2.28. The van der Waals surface area contributed by atoms with Crippen LogP contribution in [0.4, 0.5) is 0 Å². The van der Waals surface area contributed by atoms with Crippen LogP contribution in [0.5, 0.6) is 0 Å². The standard InChI is InChI=1S/C9H7ClN2S.H2S/c10-8(9-12-11-6-13-9)7-4-2-1-3-5-7;/h1-6,8H;1H2. The molecule has 74 valence electrons. The van der Waals surface area contributed by atoms with Gasteiger partial charge in [-0.2, -0.15) is 13.5 Å². The molecule has 1 aromatic heterocycles. The summed E-state index contributed by atoms with van der Waals surface area (Å²) >= 11 is 7.65. The van der Waals surface area contributed by atoms with Crippen molar-refractivity contribution < 1.29 is 0 Å². The molecule has 0 amide bonds. The molecule has 1 atom stereocenters. The van der Waals surface area contributed by atoms with E-state index in [1.807, 2.05) is 30.3 Å². The first-order valence-electron chi connectivity index (χ1n) is 3.83. The van der Waals surface area contributed by atoms with Gasteiger partial charge in [0, 0.05) is 0 Å². The second-order valence-electron chi connectivity index (χ2n) is 2.55. The van der Waals surface area contributed by atoms with Crippen LogP contribution in [-0.4, -0.2) is 10.2 Å². The lowest BCUT2D eigenvalue weighted by Crippen LogP contribution is -1.91. The topological polar surface area (TPSA) is 25.8 Å². The number of hydrogen-bond donors (Lipinski definition) is 0. The largest absolute Gasteiger partial charge is 0.197 e. The highest BCUT2D eigenvalue weighted by Gasteiger charge is 2.12. The minimum atomic E-state index is -0.173. The van der Waals surface area contributed by atoms with E-state index >= 15 is 0 Å². The van der Waals surface area contributed by atoms with Gasteiger partial charge in [0.05, 0.1) is 0 Å². The summed E-state index contributed by atoms with van der Waals surface area (Å²) in [7, 11) is 0. The van der Waals surface area contributed by atoms with Crippen molar-refractivity contribution in [2.75, 3.05) is 0 Å². The summed E-state index contributed by atoms with van der Waals surface area (Å²) in [5, 5.41) is 8.35. The predicted molar refractivity (Wildman–Crippen MR) is 64.4 cm³/mol. The Labute approximate surface area is 98.4 Å². The molecule has 0 spiro atoms. The van der Waals surface area contributed by atoms with E-state index in [9.17, 15) is 0 Å². The van der Waals surface area contributed by atoms with Gasteiger partial charge < -0.3 is 0 Å². The van der Waals surface area contributed by atoms with E-state index in [1.165, 1.54) is 11.3 Å². The van der Waals surface area contributed by atoms with Gasteiger partial charge in [-0.05, 0) is 5.56 Å². The molecule has 0 aliphatic heterocycles. The van der Waals surface area contributed by atoms with Crippen LogP contribution in [0.2, 0.25) is 0 Å². The van der Waals surface area contributed by atoms with Crippen molar-refractivity contribution in [3.8, 4) is 0 Å². The predicted octanol–water partition coefficient (Wildman–Crippen LogP) is 2.98. The Bertz CT molecular complexity index is 364. The van der Waals surface area contributed by atoms with E-state index in [0.717, 1.165) is 10.6 Å². The molecule has 0 N–H and O–H groups in total. The van der Waals surface area contributed by atoms with Crippen molar-refractivity contribution in [2.24, 2.45) is 0 Å². The molecule has 0 radical (unpaired) electrons. The quantitative estimate of drug-likeness (QED) is 0.759. The van der Waals surface area contributed by atoms with Crippen LogP contribution < -0.4 is 0 Å². The first-order chi connectivity index (χ1) is 6.38. The third kappa shape index (κ3) is 2.47. The minimum Gasteiger partial charge on any atom is -0.197 e. The van der Waals surface area contributed by atoms with Gasteiger partial charge in [-0.1, -0.05) is 30.3 Å². The van der Waals surface area contributed by atoms with Crippen molar-refractivity contribution >= 4 is 36.4 Å². The maximum Gasteiger partial charge on any atom is 0.139 e. The van der Waals surface area contributed by atoms with Crippen LogP contribution in [0.25, 0.3) is 0 Å². The number of aromatic nitrogens is 2. The molecule has 0 aliphatic carbocycles. The fraction of sp³-hybridized carbons (Fsp3) is 0.111. The van der Waals surface area contributed by atoms with Crippen LogP contribution in [0.15, 0.2) is 35.8 Å². The molecule has 1 heterocycles. The third-order valence-electron chi connectivity index (χ3n) is 1.69. The Balaban J connectivity index is 0.000000980. The van der Waals surface area contributed by atoms with Crippen LogP contribution in [0.3, 0.4) is 0 Å². The molecule has 5 heteroatoms. The average molecular weight is 245 g/mol. The van der Waals surface area contributed by atoms with Crippen molar-refractivity contribution in [1.82, 2.24) is 10.2 Å². The lowest BCUT2D eigenvalue weighted by atomic mass is 10.1. The Morgan fingerprint density at radius 2 is 1.93 bits per heavy atom. The summed E-state index contributed by atoms with van der Waals surface area (Å²) in [5.41, 5.74) is 2.74. The van der Waals surface area contributed by atoms with Gasteiger partial charge in [0.2, 0.25) is 0 Å². The number of rotatable bonds is 2. The van der Waals surface area contributed by atoms with Crippen molar-refractivity contribution in [3.63, 3.8) is 0 Å². The van der Waals surface area contributed by atoms with Crippen molar-refractivity contribution in [1.29, 1.82) is 0 Å². The maximum absolute atomic E-state index is 6.18. The van der Waals surface area contributed by atoms with Crippen LogP contribution in [-0.2, 0) is 0 Å². The van der Waals surface area contributed by atoms with E-state index in [-0.39, 0.29) is 18.9 Å². The highest BCUT2D eigenvalue weighted by molar-refractivity contribution is 7.59. The van der Waals surface area contributed by atoms with Gasteiger partial charge in [0.1, 0.15) is 15.9 Å². The normalized spacial score (nSPS) is 11.8. The van der Waals surface area contributed by atoms with Gasteiger partial charge >= 0.3 is 0 Å². The Hall–Kier alpha value is -0.580. The second-order valence-corrected chi connectivity index (χ2v) is 3.85. The first-order valence-corrected chi connectivity index (χ1v) is 5.14. The molecule has 0 fully saturated rings. The van der Waals surface area contributed by atoms with E-state index in [2.05, 4.69) is 10.2 Å². The summed E-state index contributed by atoms with van der Waals surface area (Å²) in [6, 6.07) is 9.86. The van der Waals surface area contributed by atoms with Crippen molar-refractivity contribution in [3.05, 3.63) is 46.4 Å². The Kier molecular flexibility index (Phi) is 4.38. The highest BCUT2D eigenvalue weighted by atomic mass is 35.5. The Morgan fingerprint density at radius 1 is 1.21 bits per heavy atom. The molecule has 2 rings (SSSR count). The number of hydrogen-bond acceptors (Lipinski definition) is 3. The number of nitrogens with zero attached hydrogens (tertiary/aromatic N) is 2. The number of benzene rings is 1. The summed E-state index contributed by atoms with van der Waals surface area (Å²) in [4.78, 5) is 0. The molecule has 0 bridgehead atoms. The fourth-order valence-electron chi connectivity index (χ4n) is 1.06. The van der Waals surface area contributed by atoms with Crippen LogP contribution >= 0.6 is 36.4 Å². The van der Waals surface area contributed by atoms with E-state index in [1.54, 1.807) is 5.51 Å². The smallest absolute Gasteiger partial charge is 0.139 e. The minimum absolute atomic E-state index is 0. The van der Waals surface area contributed by atoms with Crippen molar-refractivity contribution in [2.45, 2.75) is 5.38 Å². The molecule has 2 nitrogen and oxygen atoms in total.